The highest BCUT2D eigenvalue weighted by atomic mass is 35.5. The van der Waals surface area contributed by atoms with Crippen LogP contribution in [0, 0.1) is 0 Å². The minimum absolute atomic E-state index is 0. The molecule has 4 heteroatoms. The summed E-state index contributed by atoms with van der Waals surface area (Å²) in [7, 11) is 0. The second-order valence-electron chi connectivity index (χ2n) is 3.11. The van der Waals surface area contributed by atoms with Crippen LogP contribution in [0.5, 0.6) is 0 Å². The molecule has 0 bridgehead atoms. The number of benzene rings is 2. The minimum Gasteiger partial charge on any atom is -0.412 e. The van der Waals surface area contributed by atoms with E-state index in [4.69, 9.17) is 34.8 Å². The molecular weight excluding hydrogens is 266 g/mol. The predicted octanol–water partition coefficient (Wildman–Crippen LogP) is 4.49. The maximum absolute atomic E-state index is 6.09. The van der Waals surface area contributed by atoms with Gasteiger partial charge in [0.05, 0.1) is 10.0 Å². The van der Waals surface area contributed by atoms with Gasteiger partial charge in [0.1, 0.15) is 0 Å². The molecule has 0 saturated carbocycles. The lowest BCUT2D eigenvalue weighted by Gasteiger charge is -2.06. The lowest BCUT2D eigenvalue weighted by molar-refractivity contribution is 0.824. The summed E-state index contributed by atoms with van der Waals surface area (Å²) in [4.78, 5) is 0. The van der Waals surface area contributed by atoms with Crippen LogP contribution in [0.4, 0.5) is 0 Å². The fourth-order valence-corrected chi connectivity index (χ4v) is 2.02. The third-order valence-corrected chi connectivity index (χ3v) is 3.13. The third kappa shape index (κ3) is 2.69. The largest absolute Gasteiger partial charge is 0.412 e. The van der Waals surface area contributed by atoms with Gasteiger partial charge in [-0.15, -0.1) is 0 Å². The average Bonchev–Trinajstić information content (AvgIpc) is 2.25. The van der Waals surface area contributed by atoms with Gasteiger partial charge in [-0.05, 0) is 17.7 Å². The normalized spacial score (nSPS) is 9.69. The molecule has 2 aromatic rings. The van der Waals surface area contributed by atoms with Gasteiger partial charge in [0, 0.05) is 10.6 Å². The van der Waals surface area contributed by atoms with Gasteiger partial charge in [-0.25, -0.2) is 0 Å². The van der Waals surface area contributed by atoms with Gasteiger partial charge in [-0.1, -0.05) is 65.1 Å². The first-order valence-corrected chi connectivity index (χ1v) is 5.52. The Balaban J connectivity index is 0.00000128. The van der Waals surface area contributed by atoms with E-state index >= 15 is 0 Å². The Morgan fingerprint density at radius 1 is 0.688 bits per heavy atom. The van der Waals surface area contributed by atoms with Gasteiger partial charge in [-0.3, -0.25) is 0 Å². The van der Waals surface area contributed by atoms with Crippen LogP contribution in [0.1, 0.15) is 0 Å². The number of halogens is 3. The van der Waals surface area contributed by atoms with Gasteiger partial charge < -0.3 is 5.48 Å². The van der Waals surface area contributed by atoms with E-state index in [0.29, 0.717) is 15.1 Å². The Morgan fingerprint density at radius 3 is 1.88 bits per heavy atom. The summed E-state index contributed by atoms with van der Waals surface area (Å²) in [6.45, 7) is 0. The van der Waals surface area contributed by atoms with Gasteiger partial charge in [0.15, 0.2) is 0 Å². The molecule has 0 aliphatic carbocycles. The van der Waals surface area contributed by atoms with Crippen molar-refractivity contribution in [2.75, 3.05) is 0 Å². The van der Waals surface area contributed by atoms with E-state index in [0.717, 1.165) is 11.1 Å². The summed E-state index contributed by atoms with van der Waals surface area (Å²) in [5.41, 5.74) is 1.92. The molecule has 0 heterocycles. The molecule has 0 unspecified atom stereocenters. The molecule has 0 spiro atoms. The summed E-state index contributed by atoms with van der Waals surface area (Å²) in [5.74, 6) is 0. The Bertz CT molecular complexity index is 483. The zero-order valence-electron chi connectivity index (χ0n) is 8.18. The molecule has 2 N–H and O–H groups in total. The molecule has 84 valence electrons. The molecule has 0 radical (unpaired) electrons. The van der Waals surface area contributed by atoms with Crippen LogP contribution in [0.15, 0.2) is 42.5 Å². The monoisotopic (exact) mass is 274 g/mol. The van der Waals surface area contributed by atoms with Crippen LogP contribution < -0.4 is 0 Å². The maximum Gasteiger partial charge on any atom is 0.0607 e. The molecule has 0 aromatic heterocycles. The molecule has 2 rings (SSSR count). The highest BCUT2D eigenvalue weighted by molar-refractivity contribution is 6.44. The molecule has 1 nitrogen and oxygen atoms in total. The average molecular weight is 276 g/mol. The second-order valence-corrected chi connectivity index (χ2v) is 4.33. The smallest absolute Gasteiger partial charge is 0.0607 e. The SMILES string of the molecule is Clc1cc(Cl)c(-c2ccccc2)cc1Cl.O. The maximum atomic E-state index is 6.09. The van der Waals surface area contributed by atoms with Crippen LogP contribution in [0.2, 0.25) is 15.1 Å². The first-order chi connectivity index (χ1) is 7.18. The van der Waals surface area contributed by atoms with Crippen molar-refractivity contribution < 1.29 is 5.48 Å². The number of rotatable bonds is 1. The van der Waals surface area contributed by atoms with E-state index in [1.165, 1.54) is 0 Å². The molecule has 0 atom stereocenters. The lowest BCUT2D eigenvalue weighted by atomic mass is 10.1. The van der Waals surface area contributed by atoms with Crippen LogP contribution in [0.3, 0.4) is 0 Å². The Morgan fingerprint density at radius 2 is 1.25 bits per heavy atom. The molecule has 16 heavy (non-hydrogen) atoms. The van der Waals surface area contributed by atoms with Crippen LogP contribution >= 0.6 is 34.8 Å². The van der Waals surface area contributed by atoms with Crippen molar-refractivity contribution in [1.82, 2.24) is 0 Å². The lowest BCUT2D eigenvalue weighted by Crippen LogP contribution is -1.80. The van der Waals surface area contributed by atoms with Crippen molar-refractivity contribution in [3.8, 4) is 11.1 Å². The predicted molar refractivity (Wildman–Crippen MR) is 70.5 cm³/mol. The Hall–Kier alpha value is -0.730. The molecule has 0 amide bonds. The molecule has 0 fully saturated rings. The summed E-state index contributed by atoms with van der Waals surface area (Å²) in [6, 6.07) is 13.3. The van der Waals surface area contributed by atoms with E-state index in [1.807, 2.05) is 30.3 Å². The van der Waals surface area contributed by atoms with Crippen molar-refractivity contribution in [2.24, 2.45) is 0 Å². The molecule has 0 aliphatic heterocycles. The van der Waals surface area contributed by atoms with E-state index in [-0.39, 0.29) is 5.48 Å². The van der Waals surface area contributed by atoms with Crippen molar-refractivity contribution >= 4 is 34.8 Å². The first-order valence-electron chi connectivity index (χ1n) is 4.38. The zero-order chi connectivity index (χ0) is 10.8. The van der Waals surface area contributed by atoms with E-state index in [9.17, 15) is 0 Å². The van der Waals surface area contributed by atoms with E-state index in [2.05, 4.69) is 0 Å². The zero-order valence-corrected chi connectivity index (χ0v) is 10.4. The van der Waals surface area contributed by atoms with Crippen molar-refractivity contribution in [3.05, 3.63) is 57.5 Å². The minimum atomic E-state index is 0. The Kier molecular flexibility index (Phi) is 4.63. The van der Waals surface area contributed by atoms with Gasteiger partial charge in [0.2, 0.25) is 0 Å². The third-order valence-electron chi connectivity index (χ3n) is 2.09. The molecule has 2 aromatic carbocycles. The topological polar surface area (TPSA) is 31.5 Å². The summed E-state index contributed by atoms with van der Waals surface area (Å²) >= 11 is 17.9. The van der Waals surface area contributed by atoms with Gasteiger partial charge >= 0.3 is 0 Å². The standard InChI is InChI=1S/C12H7Cl3.H2O/c13-10-7-12(15)11(14)6-9(10)8-4-2-1-3-5-8;/h1-7H;1H2. The Labute approximate surface area is 109 Å². The van der Waals surface area contributed by atoms with E-state index in [1.54, 1.807) is 12.1 Å². The van der Waals surface area contributed by atoms with Crippen LogP contribution in [-0.2, 0) is 0 Å². The van der Waals surface area contributed by atoms with Crippen LogP contribution in [0.25, 0.3) is 11.1 Å². The fraction of sp³-hybridized carbons (Fsp3) is 0. The first kappa shape index (κ1) is 13.3. The van der Waals surface area contributed by atoms with E-state index < -0.39 is 0 Å². The highest BCUT2D eigenvalue weighted by Crippen LogP contribution is 2.34. The molecular formula is C12H9Cl3O. The quantitative estimate of drug-likeness (QED) is 0.687. The van der Waals surface area contributed by atoms with Gasteiger partial charge in [-0.2, -0.15) is 0 Å². The van der Waals surface area contributed by atoms with Gasteiger partial charge in [0.25, 0.3) is 0 Å². The summed E-state index contributed by atoms with van der Waals surface area (Å²) < 4.78 is 0. The summed E-state index contributed by atoms with van der Waals surface area (Å²) in [6.07, 6.45) is 0. The molecule has 0 saturated heterocycles. The van der Waals surface area contributed by atoms with Crippen molar-refractivity contribution in [2.45, 2.75) is 0 Å². The summed E-state index contributed by atoms with van der Waals surface area (Å²) in [5, 5.41) is 1.59. The number of hydrogen-bond donors (Lipinski definition) is 0. The highest BCUT2D eigenvalue weighted by Gasteiger charge is 2.07. The van der Waals surface area contributed by atoms with Crippen LogP contribution in [-0.4, -0.2) is 5.48 Å². The second kappa shape index (κ2) is 5.55. The van der Waals surface area contributed by atoms with Crippen molar-refractivity contribution in [3.63, 3.8) is 0 Å². The number of hydrogen-bond acceptors (Lipinski definition) is 0. The fourth-order valence-electron chi connectivity index (χ4n) is 1.36. The molecule has 0 aliphatic rings. The van der Waals surface area contributed by atoms with Crippen molar-refractivity contribution in [1.29, 1.82) is 0 Å².